The Labute approximate surface area is 154 Å². The van der Waals surface area contributed by atoms with Crippen molar-refractivity contribution < 1.29 is 9.47 Å². The van der Waals surface area contributed by atoms with E-state index in [1.165, 1.54) is 25.9 Å². The summed E-state index contributed by atoms with van der Waals surface area (Å²) in [5, 5.41) is 3.26. The Morgan fingerprint density at radius 2 is 2.04 bits per heavy atom. The van der Waals surface area contributed by atoms with Gasteiger partial charge in [0.1, 0.15) is 5.82 Å². The Balaban J connectivity index is 1.59. The van der Waals surface area contributed by atoms with Gasteiger partial charge in [-0.3, -0.25) is 4.98 Å². The molecule has 3 rings (SSSR count). The molecule has 7 heteroatoms. The topological polar surface area (TPSA) is 85.5 Å². The summed E-state index contributed by atoms with van der Waals surface area (Å²) in [6, 6.07) is 5.64. The highest BCUT2D eigenvalue weighted by Gasteiger charge is 2.12. The Hall–Kier alpha value is -2.38. The van der Waals surface area contributed by atoms with E-state index < -0.39 is 0 Å². The second-order valence-electron chi connectivity index (χ2n) is 6.34. The molecular formula is C19H27N5O2. The van der Waals surface area contributed by atoms with Gasteiger partial charge in [-0.2, -0.15) is 0 Å². The van der Waals surface area contributed by atoms with Crippen molar-refractivity contribution in [1.29, 1.82) is 0 Å². The number of likely N-dealkylation sites (tertiary alicyclic amines) is 1. The first kappa shape index (κ1) is 18.4. The van der Waals surface area contributed by atoms with Gasteiger partial charge in [-0.05, 0) is 44.5 Å². The number of anilines is 2. The van der Waals surface area contributed by atoms with Crippen LogP contribution in [0.3, 0.4) is 0 Å². The zero-order valence-electron chi connectivity index (χ0n) is 15.3. The molecular weight excluding hydrogens is 330 g/mol. The number of pyridine rings is 2. The fraction of sp³-hybridized carbons (Fsp3) is 0.474. The Bertz CT molecular complexity index is 704. The van der Waals surface area contributed by atoms with Gasteiger partial charge < -0.3 is 25.4 Å². The molecule has 0 aliphatic carbocycles. The number of hydrogen-bond donors (Lipinski definition) is 2. The molecule has 0 amide bonds. The van der Waals surface area contributed by atoms with Crippen LogP contribution in [0.5, 0.6) is 11.5 Å². The van der Waals surface area contributed by atoms with Crippen LogP contribution >= 0.6 is 0 Å². The SMILES string of the molecule is COc1cnc(Nc2ccnc(CN)c2)cc1OCCCN1CCCC1. The summed E-state index contributed by atoms with van der Waals surface area (Å²) in [4.78, 5) is 11.1. The van der Waals surface area contributed by atoms with Crippen molar-refractivity contribution in [2.24, 2.45) is 5.73 Å². The Morgan fingerprint density at radius 3 is 2.81 bits per heavy atom. The van der Waals surface area contributed by atoms with Gasteiger partial charge in [0.25, 0.3) is 0 Å². The number of aromatic nitrogens is 2. The minimum Gasteiger partial charge on any atom is -0.491 e. The van der Waals surface area contributed by atoms with Gasteiger partial charge in [0.2, 0.25) is 0 Å². The summed E-state index contributed by atoms with van der Waals surface area (Å²) >= 11 is 0. The third-order valence-electron chi connectivity index (χ3n) is 4.42. The molecule has 2 aromatic heterocycles. The van der Waals surface area contributed by atoms with E-state index in [-0.39, 0.29) is 0 Å². The molecule has 0 atom stereocenters. The molecule has 1 aliphatic rings. The van der Waals surface area contributed by atoms with Crippen molar-refractivity contribution in [2.75, 3.05) is 38.7 Å². The fourth-order valence-corrected chi connectivity index (χ4v) is 3.05. The molecule has 3 N–H and O–H groups in total. The first-order valence-corrected chi connectivity index (χ1v) is 9.09. The van der Waals surface area contributed by atoms with Crippen LogP contribution in [0.25, 0.3) is 0 Å². The van der Waals surface area contributed by atoms with Crippen LogP contribution in [-0.2, 0) is 6.54 Å². The number of nitrogens with zero attached hydrogens (tertiary/aromatic N) is 3. The molecule has 0 aromatic carbocycles. The standard InChI is InChI=1S/C19H27N5O2/c1-25-18-14-22-19(23-15-5-6-21-16(11-15)13-20)12-17(18)26-10-4-9-24-7-2-3-8-24/h5-6,11-12,14H,2-4,7-10,13,20H2,1H3,(H,21,22,23). The van der Waals surface area contributed by atoms with Crippen LogP contribution in [0.1, 0.15) is 25.0 Å². The molecule has 0 bridgehead atoms. The lowest BCUT2D eigenvalue weighted by Crippen LogP contribution is -2.21. The van der Waals surface area contributed by atoms with E-state index in [0.29, 0.717) is 30.5 Å². The Morgan fingerprint density at radius 1 is 1.19 bits per heavy atom. The average Bonchev–Trinajstić information content (AvgIpc) is 3.19. The van der Waals surface area contributed by atoms with Gasteiger partial charge >= 0.3 is 0 Å². The monoisotopic (exact) mass is 357 g/mol. The zero-order valence-corrected chi connectivity index (χ0v) is 15.3. The molecule has 1 aliphatic heterocycles. The number of methoxy groups -OCH3 is 1. The van der Waals surface area contributed by atoms with E-state index >= 15 is 0 Å². The van der Waals surface area contributed by atoms with Crippen LogP contribution in [0, 0.1) is 0 Å². The molecule has 0 spiro atoms. The summed E-state index contributed by atoms with van der Waals surface area (Å²) in [6.07, 6.45) is 7.02. The lowest BCUT2D eigenvalue weighted by molar-refractivity contribution is 0.254. The van der Waals surface area contributed by atoms with Gasteiger partial charge in [-0.25, -0.2) is 4.98 Å². The normalized spacial score (nSPS) is 14.4. The smallest absolute Gasteiger partial charge is 0.179 e. The van der Waals surface area contributed by atoms with Crippen LogP contribution in [0.4, 0.5) is 11.5 Å². The quantitative estimate of drug-likeness (QED) is 0.667. The van der Waals surface area contributed by atoms with E-state index in [1.54, 1.807) is 19.5 Å². The highest BCUT2D eigenvalue weighted by Crippen LogP contribution is 2.29. The fourth-order valence-electron chi connectivity index (χ4n) is 3.05. The first-order valence-electron chi connectivity index (χ1n) is 9.09. The minimum absolute atomic E-state index is 0.400. The summed E-state index contributed by atoms with van der Waals surface area (Å²) < 4.78 is 11.3. The summed E-state index contributed by atoms with van der Waals surface area (Å²) in [5.41, 5.74) is 7.35. The van der Waals surface area contributed by atoms with Gasteiger partial charge in [0.05, 0.1) is 25.6 Å². The number of ether oxygens (including phenoxy) is 2. The lowest BCUT2D eigenvalue weighted by Gasteiger charge is -2.16. The lowest BCUT2D eigenvalue weighted by atomic mass is 10.3. The second-order valence-corrected chi connectivity index (χ2v) is 6.34. The number of rotatable bonds is 9. The zero-order chi connectivity index (χ0) is 18.2. The van der Waals surface area contributed by atoms with Crippen molar-refractivity contribution in [2.45, 2.75) is 25.8 Å². The maximum absolute atomic E-state index is 5.95. The molecule has 26 heavy (non-hydrogen) atoms. The number of nitrogens with two attached hydrogens (primary N) is 1. The average molecular weight is 357 g/mol. The molecule has 2 aromatic rings. The van der Waals surface area contributed by atoms with Crippen LogP contribution in [0.2, 0.25) is 0 Å². The maximum Gasteiger partial charge on any atom is 0.179 e. The molecule has 1 saturated heterocycles. The predicted octanol–water partition coefficient (Wildman–Crippen LogP) is 2.55. The molecule has 1 fully saturated rings. The summed E-state index contributed by atoms with van der Waals surface area (Å²) in [6.45, 7) is 4.56. The Kier molecular flexibility index (Phi) is 6.62. The molecule has 0 saturated carbocycles. The molecule has 0 unspecified atom stereocenters. The van der Waals surface area contributed by atoms with Gasteiger partial charge in [0, 0.05) is 31.0 Å². The van der Waals surface area contributed by atoms with E-state index in [1.807, 2.05) is 18.2 Å². The molecule has 140 valence electrons. The third-order valence-corrected chi connectivity index (χ3v) is 4.42. The molecule has 0 radical (unpaired) electrons. The van der Waals surface area contributed by atoms with E-state index in [4.69, 9.17) is 15.2 Å². The van der Waals surface area contributed by atoms with Gasteiger partial charge in [-0.15, -0.1) is 0 Å². The van der Waals surface area contributed by atoms with Crippen molar-refractivity contribution in [3.63, 3.8) is 0 Å². The van der Waals surface area contributed by atoms with Crippen LogP contribution < -0.4 is 20.5 Å². The van der Waals surface area contributed by atoms with Crippen LogP contribution in [0.15, 0.2) is 30.6 Å². The van der Waals surface area contributed by atoms with Gasteiger partial charge in [0.15, 0.2) is 11.5 Å². The third kappa shape index (κ3) is 5.06. The number of hydrogen-bond acceptors (Lipinski definition) is 7. The first-order chi connectivity index (χ1) is 12.8. The van der Waals surface area contributed by atoms with E-state index in [9.17, 15) is 0 Å². The highest BCUT2D eigenvalue weighted by molar-refractivity contribution is 5.59. The maximum atomic E-state index is 5.95. The summed E-state index contributed by atoms with van der Waals surface area (Å²) in [5.74, 6) is 2.02. The van der Waals surface area contributed by atoms with E-state index in [2.05, 4.69) is 20.2 Å². The van der Waals surface area contributed by atoms with E-state index in [0.717, 1.165) is 24.3 Å². The molecule has 7 nitrogen and oxygen atoms in total. The predicted molar refractivity (Wildman–Crippen MR) is 102 cm³/mol. The highest BCUT2D eigenvalue weighted by atomic mass is 16.5. The van der Waals surface area contributed by atoms with Crippen molar-refractivity contribution in [3.05, 3.63) is 36.3 Å². The summed E-state index contributed by atoms with van der Waals surface area (Å²) in [7, 11) is 1.62. The van der Waals surface area contributed by atoms with Crippen molar-refractivity contribution in [3.8, 4) is 11.5 Å². The second kappa shape index (κ2) is 9.35. The molecule has 3 heterocycles. The van der Waals surface area contributed by atoms with Crippen molar-refractivity contribution in [1.82, 2.24) is 14.9 Å². The van der Waals surface area contributed by atoms with Gasteiger partial charge in [-0.1, -0.05) is 0 Å². The van der Waals surface area contributed by atoms with Crippen LogP contribution in [-0.4, -0.2) is 48.2 Å². The van der Waals surface area contributed by atoms with Crippen molar-refractivity contribution >= 4 is 11.5 Å². The number of nitrogens with one attached hydrogen (secondary N) is 1. The minimum atomic E-state index is 0.400. The largest absolute Gasteiger partial charge is 0.491 e.